The number of aliphatic hydroxyl groups excluding tert-OH is 1. The molecule has 0 saturated carbocycles. The van der Waals surface area contributed by atoms with Crippen LogP contribution < -0.4 is 25.3 Å². The number of nitrogens with zero attached hydrogens (tertiary/aromatic N) is 11. The second-order valence-electron chi connectivity index (χ2n) is 30.0. The normalized spacial score (nSPS) is 18.0. The minimum atomic E-state index is -0.741. The Morgan fingerprint density at radius 1 is 0.611 bits per heavy atom. The van der Waals surface area contributed by atoms with Crippen molar-refractivity contribution < 1.29 is 38.5 Å². The fourth-order valence-corrected chi connectivity index (χ4v) is 17.7. The van der Waals surface area contributed by atoms with Crippen LogP contribution in [0.2, 0.25) is 25.1 Å². The molecule has 5 amide bonds. The van der Waals surface area contributed by atoms with E-state index in [0.717, 1.165) is 217 Å². The number of amides is 5. The van der Waals surface area contributed by atoms with Gasteiger partial charge in [0.25, 0.3) is 5.91 Å². The molecular formula is C80H93BrCl5N19O8. The van der Waals surface area contributed by atoms with Gasteiger partial charge in [-0.05, 0) is 172 Å². The highest BCUT2D eigenvalue weighted by molar-refractivity contribution is 9.10. The van der Waals surface area contributed by atoms with Crippen LogP contribution in [0.4, 0.5) is 21.9 Å². The number of hydrogen-bond acceptors (Lipinski definition) is 17. The second-order valence-corrected chi connectivity index (χ2v) is 33.1. The second kappa shape index (κ2) is 36.8. The van der Waals surface area contributed by atoms with Crippen LogP contribution in [0.15, 0.2) is 114 Å². The number of urea groups is 1. The number of H-pyrrole nitrogens is 6. The maximum absolute atomic E-state index is 12.0. The molecule has 12 aromatic rings. The molecule has 0 bridgehead atoms. The van der Waals surface area contributed by atoms with Crippen molar-refractivity contribution in [2.24, 2.45) is 17.3 Å². The maximum Gasteiger partial charge on any atom is 0.322 e. The number of aromatic nitrogens is 12. The lowest BCUT2D eigenvalue weighted by Gasteiger charge is -2.40. The number of benzene rings is 6. The van der Waals surface area contributed by atoms with Crippen LogP contribution in [0.1, 0.15) is 107 Å². The Balaban J connectivity index is 0.000000120. The van der Waals surface area contributed by atoms with E-state index in [9.17, 15) is 24.3 Å². The average Bonchev–Trinajstić information content (AvgIpc) is 1.70. The molecule has 18 rings (SSSR count). The molecule has 6 aromatic carbocycles. The first-order valence-electron chi connectivity index (χ1n) is 37.8. The number of fused-ring (bicyclic) bond motifs is 6. The molecule has 113 heavy (non-hydrogen) atoms. The van der Waals surface area contributed by atoms with Gasteiger partial charge in [0.15, 0.2) is 0 Å². The van der Waals surface area contributed by atoms with E-state index in [1.807, 2.05) is 117 Å². The number of rotatable bonds is 13. The van der Waals surface area contributed by atoms with Crippen molar-refractivity contribution >= 4 is 180 Å². The van der Waals surface area contributed by atoms with Crippen molar-refractivity contribution in [1.82, 2.24) is 81.6 Å². The Labute approximate surface area is 686 Å². The van der Waals surface area contributed by atoms with Crippen molar-refractivity contribution in [2.45, 2.75) is 102 Å². The van der Waals surface area contributed by atoms with Gasteiger partial charge in [-0.15, -0.1) is 0 Å². The number of aromatic amines is 6. The van der Waals surface area contributed by atoms with Crippen molar-refractivity contribution in [2.75, 3.05) is 115 Å². The Morgan fingerprint density at radius 2 is 1.08 bits per heavy atom. The lowest BCUT2D eigenvalue weighted by molar-refractivity contribution is -0.128. The summed E-state index contributed by atoms with van der Waals surface area (Å²) in [5.74, 6) is 1.21. The Bertz CT molecular complexity index is 5320. The predicted molar refractivity (Wildman–Crippen MR) is 449 cm³/mol. The molecule has 6 fully saturated rings. The van der Waals surface area contributed by atoms with E-state index in [-0.39, 0.29) is 29.2 Å². The number of imide groups is 1. The quantitative estimate of drug-likeness (QED) is 0.0484. The van der Waals surface area contributed by atoms with Crippen LogP contribution in [-0.4, -0.2) is 206 Å². The van der Waals surface area contributed by atoms with Crippen LogP contribution in [-0.2, 0) is 35.0 Å². The van der Waals surface area contributed by atoms with Gasteiger partial charge < -0.3 is 49.1 Å². The van der Waals surface area contributed by atoms with Gasteiger partial charge in [0.05, 0.1) is 89.1 Å². The molecule has 33 heteroatoms. The van der Waals surface area contributed by atoms with Gasteiger partial charge in [-0.25, -0.2) is 4.79 Å². The number of carbonyl (C=O) groups is 4. The summed E-state index contributed by atoms with van der Waals surface area (Å²) >= 11 is 34.0. The van der Waals surface area contributed by atoms with Gasteiger partial charge in [0.2, 0.25) is 11.8 Å². The third-order valence-corrected chi connectivity index (χ3v) is 24.0. The van der Waals surface area contributed by atoms with Gasteiger partial charge >= 0.3 is 6.03 Å². The number of aliphatic hydroxyl groups is 1. The number of piperidine rings is 3. The monoisotopic (exact) mass is 1700 g/mol. The largest absolute Gasteiger partial charge is 0.388 e. The van der Waals surface area contributed by atoms with E-state index < -0.39 is 17.7 Å². The SMILES string of the molecule is CC(=O)N(C)CC1CCCN(c2cc(Cl)cc3[nH]ncc23)C1.CN1CC2(CCN(c3cc(Cl)cc4[nH]ncc34)CC2)CC1=O.COC(C)c1cc(Cl)cc2[nH]ncc12.COCCc1cc(Cl)cc2[nH]ncc12.O=C1NC(=O)C2(CCN(c3cc(Br)cc4[nH]ncc34)CC2)N1.OC(CC1CCOCC1)c1cc(Cl)cc2[nH]ncc12. The Kier molecular flexibility index (Phi) is 26.7. The zero-order valence-electron chi connectivity index (χ0n) is 63.8. The average molecular weight is 1710 g/mol. The van der Waals surface area contributed by atoms with Crippen molar-refractivity contribution in [3.8, 4) is 0 Å². The first kappa shape index (κ1) is 82.2. The molecule has 3 unspecified atom stereocenters. The summed E-state index contributed by atoms with van der Waals surface area (Å²) in [6, 6.07) is 22.8. The van der Waals surface area contributed by atoms with Crippen LogP contribution in [0.5, 0.6) is 0 Å². The zero-order valence-corrected chi connectivity index (χ0v) is 69.1. The Morgan fingerprint density at radius 3 is 1.59 bits per heavy atom. The Hall–Kier alpha value is -8.81. The number of anilines is 3. The van der Waals surface area contributed by atoms with E-state index in [2.05, 4.69) is 109 Å². The number of halogens is 6. The molecule has 3 atom stereocenters. The number of carbonyl (C=O) groups excluding carboxylic acids is 4. The summed E-state index contributed by atoms with van der Waals surface area (Å²) in [7, 11) is 7.15. The van der Waals surface area contributed by atoms with E-state index in [1.54, 1.807) is 38.4 Å². The molecule has 6 aliphatic rings. The number of likely N-dealkylation sites (tertiary alicyclic amines) is 1. The number of hydrogen-bond donors (Lipinski definition) is 9. The van der Waals surface area contributed by atoms with Crippen molar-refractivity contribution in [3.05, 3.63) is 156 Å². The summed E-state index contributed by atoms with van der Waals surface area (Å²) in [6.45, 7) is 12.9. The smallest absolute Gasteiger partial charge is 0.322 e. The summed E-state index contributed by atoms with van der Waals surface area (Å²) in [5, 5.41) is 67.4. The summed E-state index contributed by atoms with van der Waals surface area (Å²) < 4.78 is 16.6. The van der Waals surface area contributed by atoms with Gasteiger partial charge in [0.1, 0.15) is 5.54 Å². The minimum absolute atomic E-state index is 0.0220. The van der Waals surface area contributed by atoms with Gasteiger partial charge in [-0.3, -0.25) is 50.3 Å². The number of methoxy groups -OCH3 is 2. The molecule has 6 aliphatic heterocycles. The van der Waals surface area contributed by atoms with Crippen LogP contribution in [0.25, 0.3) is 65.4 Å². The van der Waals surface area contributed by atoms with Crippen molar-refractivity contribution in [3.63, 3.8) is 0 Å². The van der Waals surface area contributed by atoms with E-state index in [1.165, 1.54) is 5.56 Å². The fraction of sp³-hybridized carbons (Fsp3) is 0.425. The number of ether oxygens (including phenoxy) is 3. The lowest BCUT2D eigenvalue weighted by Crippen LogP contribution is -2.54. The van der Waals surface area contributed by atoms with Crippen molar-refractivity contribution in [1.29, 1.82) is 0 Å². The van der Waals surface area contributed by atoms with Gasteiger partial charge in [0, 0.05) is 192 Å². The molecule has 27 nitrogen and oxygen atoms in total. The lowest BCUT2D eigenvalue weighted by atomic mass is 9.77. The molecule has 0 radical (unpaired) electrons. The summed E-state index contributed by atoms with van der Waals surface area (Å²) in [5.41, 5.74) is 11.6. The molecule has 0 aliphatic carbocycles. The third-order valence-electron chi connectivity index (χ3n) is 22.4. The highest BCUT2D eigenvalue weighted by Crippen LogP contribution is 2.44. The molecule has 9 N–H and O–H groups in total. The molecule has 12 heterocycles. The van der Waals surface area contributed by atoms with Gasteiger partial charge in [-0.1, -0.05) is 73.9 Å². The topological polar surface area (TPSA) is 329 Å². The first-order chi connectivity index (χ1) is 54.4. The molecule has 6 aromatic heterocycles. The summed E-state index contributed by atoms with van der Waals surface area (Å²) in [4.78, 5) is 57.3. The summed E-state index contributed by atoms with van der Waals surface area (Å²) in [6.07, 6.45) is 20.3. The molecule has 598 valence electrons. The van der Waals surface area contributed by atoms with Crippen LogP contribution >= 0.6 is 73.9 Å². The van der Waals surface area contributed by atoms with Crippen LogP contribution in [0.3, 0.4) is 0 Å². The number of nitrogens with one attached hydrogen (secondary N) is 8. The van der Waals surface area contributed by atoms with Gasteiger partial charge in [-0.2, -0.15) is 30.6 Å². The standard InChI is InChI=1S/C16H19ClN4O.C16H21ClN4O.C14H14BrN5O2.C14H17ClN2O2.2C10H11ClN2O/c1-20-10-16(8-15(20)22)2-4-21(5-3-16)14-7-11(17)6-13-12(14)9-18-19-13;1-11(22)20(2)9-12-4-3-5-21(10-12)16-7-13(17)6-15-14(16)8-18-19-15;15-8-5-10-9(7-16-19-10)11(6-8)20-3-1-14(2-4-20)12(21)17-13(22)18-14;15-10-6-11(12-8-16-17-13(12)7-10)14(18)5-9-1-3-19-4-2-9;1-6(14-2)8-3-7(11)4-10-9(8)5-12-13-10;1-14-3-2-7-4-8(11)5-10-9(7)6-12-13-10/h6-7,9H,2-5,8,10H2,1H3,(H,18,19);6-8,12H,3-5,9-10H2,1-2H3,(H,18,19);5-7H,1-4H2,(H,16,19)(H2,17,18,21,22);6-9,14,18H,1-5H2,(H,16,17);3-6H,1-2H3,(H,12,13);4-6H,2-3H2,1H3,(H,12,13). The fourth-order valence-electron chi connectivity index (χ4n) is 16.2. The first-order valence-corrected chi connectivity index (χ1v) is 40.5. The zero-order chi connectivity index (χ0) is 79.7. The third kappa shape index (κ3) is 19.6. The van der Waals surface area contributed by atoms with E-state index >= 15 is 0 Å². The molecular weight excluding hydrogens is 1610 g/mol. The van der Waals surface area contributed by atoms with Crippen LogP contribution in [0, 0.1) is 17.3 Å². The van der Waals surface area contributed by atoms with E-state index in [0.29, 0.717) is 60.8 Å². The van der Waals surface area contributed by atoms with E-state index in [4.69, 9.17) is 72.2 Å². The maximum atomic E-state index is 12.0. The highest BCUT2D eigenvalue weighted by Gasteiger charge is 2.48. The minimum Gasteiger partial charge on any atom is -0.388 e. The predicted octanol–water partition coefficient (Wildman–Crippen LogP) is 15.5. The highest BCUT2D eigenvalue weighted by atomic mass is 79.9. The molecule has 6 saturated heterocycles. The molecule has 2 spiro atoms.